The van der Waals surface area contributed by atoms with Gasteiger partial charge in [-0.3, -0.25) is 0 Å². The van der Waals surface area contributed by atoms with Crippen LogP contribution in [0.25, 0.3) is 115 Å². The van der Waals surface area contributed by atoms with Crippen LogP contribution >= 0.6 is 11.3 Å². The first-order valence-electron chi connectivity index (χ1n) is 20.8. The molecule has 0 bridgehead atoms. The molecule has 0 aliphatic rings. The van der Waals surface area contributed by atoms with Gasteiger partial charge in [0.15, 0.2) is 17.5 Å². The van der Waals surface area contributed by atoms with Gasteiger partial charge in [-0.05, 0) is 70.3 Å². The Hall–Kier alpha value is -7.99. The first kappa shape index (κ1) is 35.9. The van der Waals surface area contributed by atoms with Gasteiger partial charge in [0.1, 0.15) is 0 Å². The average Bonchev–Trinajstić information content (AvgIpc) is 3.89. The summed E-state index contributed by atoms with van der Waals surface area (Å²) in [5, 5.41) is 4.96. The molecule has 4 nitrogen and oxygen atoms in total. The van der Waals surface area contributed by atoms with E-state index >= 15 is 0 Å². The molecule has 290 valence electrons. The zero-order valence-corrected chi connectivity index (χ0v) is 34.3. The second kappa shape index (κ2) is 14.9. The topological polar surface area (TPSA) is 43.6 Å². The molecule has 3 heterocycles. The molecule has 0 atom stereocenters. The van der Waals surface area contributed by atoms with Crippen molar-refractivity contribution in [1.82, 2.24) is 19.5 Å². The van der Waals surface area contributed by atoms with Crippen LogP contribution in [-0.2, 0) is 0 Å². The number of hydrogen-bond acceptors (Lipinski definition) is 4. The van der Waals surface area contributed by atoms with Crippen LogP contribution in [0.5, 0.6) is 0 Å². The van der Waals surface area contributed by atoms with Gasteiger partial charge < -0.3 is 4.57 Å². The summed E-state index contributed by atoms with van der Waals surface area (Å²) in [6.07, 6.45) is 0. The summed E-state index contributed by atoms with van der Waals surface area (Å²) >= 11 is 1.84. The van der Waals surface area contributed by atoms with Crippen molar-refractivity contribution in [1.29, 1.82) is 0 Å². The summed E-state index contributed by atoms with van der Waals surface area (Å²) in [7, 11) is 0. The van der Waals surface area contributed by atoms with Crippen LogP contribution in [0.2, 0.25) is 0 Å². The standard InChI is InChI=1S/C57H36N4S/c1-4-15-37(16-5-1)42-27-31-47-46-23-10-12-25-50(46)61(52(47)35-42)51-36-44(28-30-45(51)38-17-6-2-7-18-38)57-59-55(39-19-8-3-9-20-39)58-56(60-57)43-22-14-21-40(33-43)41-29-32-54-49(34-41)48-24-11-13-26-53(48)62-54/h1-36H. The van der Waals surface area contributed by atoms with Crippen molar-refractivity contribution in [3.05, 3.63) is 218 Å². The fourth-order valence-corrected chi connectivity index (χ4v) is 9.94. The van der Waals surface area contributed by atoms with E-state index < -0.39 is 0 Å². The molecule has 0 unspecified atom stereocenters. The van der Waals surface area contributed by atoms with E-state index in [1.807, 2.05) is 29.5 Å². The number of nitrogens with zero attached hydrogens (tertiary/aromatic N) is 4. The van der Waals surface area contributed by atoms with Gasteiger partial charge in [0, 0.05) is 53.2 Å². The third-order valence-corrected chi connectivity index (χ3v) is 13.0. The van der Waals surface area contributed by atoms with E-state index in [1.165, 1.54) is 42.1 Å². The average molecular weight is 809 g/mol. The van der Waals surface area contributed by atoms with Gasteiger partial charge in [0.25, 0.3) is 0 Å². The maximum Gasteiger partial charge on any atom is 0.164 e. The molecule has 3 aromatic heterocycles. The summed E-state index contributed by atoms with van der Waals surface area (Å²) in [4.78, 5) is 15.6. The Morgan fingerprint density at radius 2 is 0.806 bits per heavy atom. The van der Waals surface area contributed by atoms with Crippen LogP contribution in [-0.4, -0.2) is 19.5 Å². The maximum atomic E-state index is 5.29. The lowest BCUT2D eigenvalue weighted by molar-refractivity contribution is 1.07. The third-order valence-electron chi connectivity index (χ3n) is 11.9. The van der Waals surface area contributed by atoms with Crippen LogP contribution in [0.15, 0.2) is 218 Å². The zero-order valence-electron chi connectivity index (χ0n) is 33.5. The van der Waals surface area contributed by atoms with E-state index in [9.17, 15) is 0 Å². The van der Waals surface area contributed by atoms with Crippen molar-refractivity contribution in [3.8, 4) is 73.2 Å². The number of hydrogen-bond donors (Lipinski definition) is 0. The minimum absolute atomic E-state index is 0.608. The Morgan fingerprint density at radius 1 is 0.290 bits per heavy atom. The molecule has 62 heavy (non-hydrogen) atoms. The zero-order chi connectivity index (χ0) is 41.0. The monoisotopic (exact) mass is 808 g/mol. The quantitative estimate of drug-likeness (QED) is 0.161. The largest absolute Gasteiger partial charge is 0.309 e. The summed E-state index contributed by atoms with van der Waals surface area (Å²) in [5.41, 5.74) is 12.9. The fourth-order valence-electron chi connectivity index (χ4n) is 8.85. The Morgan fingerprint density at radius 3 is 1.58 bits per heavy atom. The van der Waals surface area contributed by atoms with E-state index in [2.05, 4.69) is 205 Å². The lowest BCUT2D eigenvalue weighted by atomic mass is 10.00. The van der Waals surface area contributed by atoms with Crippen LogP contribution in [0.4, 0.5) is 0 Å². The van der Waals surface area contributed by atoms with Gasteiger partial charge in [-0.15, -0.1) is 11.3 Å². The normalized spacial score (nSPS) is 11.5. The lowest BCUT2D eigenvalue weighted by Gasteiger charge is -2.17. The molecule has 0 fully saturated rings. The highest BCUT2D eigenvalue weighted by molar-refractivity contribution is 7.25. The van der Waals surface area contributed by atoms with Crippen molar-refractivity contribution in [2.24, 2.45) is 0 Å². The molecule has 12 rings (SSSR count). The molecule has 0 aliphatic heterocycles. The minimum atomic E-state index is 0.608. The smallest absolute Gasteiger partial charge is 0.164 e. The van der Waals surface area contributed by atoms with Crippen LogP contribution in [0, 0.1) is 0 Å². The van der Waals surface area contributed by atoms with Gasteiger partial charge in [-0.25, -0.2) is 15.0 Å². The molecule has 0 saturated heterocycles. The molecule has 0 spiro atoms. The maximum absolute atomic E-state index is 5.29. The second-order valence-corrected chi connectivity index (χ2v) is 16.7. The highest BCUT2D eigenvalue weighted by atomic mass is 32.1. The van der Waals surface area contributed by atoms with Gasteiger partial charge in [0.2, 0.25) is 0 Å². The Labute approximate surface area is 362 Å². The number of benzene rings is 9. The van der Waals surface area contributed by atoms with Crippen LogP contribution < -0.4 is 0 Å². The van der Waals surface area contributed by atoms with E-state index in [1.54, 1.807) is 0 Å². The predicted octanol–water partition coefficient (Wildman–Crippen LogP) is 15.3. The Balaban J connectivity index is 1.06. The molecule has 0 radical (unpaired) electrons. The number of rotatable bonds is 7. The number of thiophene rings is 1. The van der Waals surface area contributed by atoms with Crippen molar-refractivity contribution in [3.63, 3.8) is 0 Å². The van der Waals surface area contributed by atoms with E-state index in [0.717, 1.165) is 55.7 Å². The number of fused-ring (bicyclic) bond motifs is 6. The summed E-state index contributed by atoms with van der Waals surface area (Å²) in [5.74, 6) is 1.85. The lowest BCUT2D eigenvalue weighted by Crippen LogP contribution is -2.02. The van der Waals surface area contributed by atoms with E-state index in [4.69, 9.17) is 15.0 Å². The SMILES string of the molecule is c1ccc(-c2ccc3c4ccccc4n(-c4cc(-c5nc(-c6ccccc6)nc(-c6cccc(-c7ccc8sc9ccccc9c8c7)c6)n5)ccc4-c4ccccc4)c3c2)cc1. The van der Waals surface area contributed by atoms with Crippen molar-refractivity contribution in [2.75, 3.05) is 0 Å². The number of aromatic nitrogens is 4. The molecule has 0 N–H and O–H groups in total. The predicted molar refractivity (Wildman–Crippen MR) is 260 cm³/mol. The Kier molecular flexibility index (Phi) is 8.65. The van der Waals surface area contributed by atoms with Crippen LogP contribution in [0.3, 0.4) is 0 Å². The van der Waals surface area contributed by atoms with Crippen molar-refractivity contribution >= 4 is 53.3 Å². The molecule has 0 aliphatic carbocycles. The highest BCUT2D eigenvalue weighted by Gasteiger charge is 2.20. The molecule has 0 amide bonds. The highest BCUT2D eigenvalue weighted by Crippen LogP contribution is 2.41. The molecule has 12 aromatic rings. The third kappa shape index (κ3) is 6.26. The van der Waals surface area contributed by atoms with E-state index in [0.29, 0.717) is 17.5 Å². The fraction of sp³-hybridized carbons (Fsp3) is 0. The van der Waals surface area contributed by atoms with Gasteiger partial charge in [-0.2, -0.15) is 0 Å². The van der Waals surface area contributed by atoms with Gasteiger partial charge >= 0.3 is 0 Å². The number of para-hydroxylation sites is 1. The summed E-state index contributed by atoms with van der Waals surface area (Å²) in [6, 6.07) is 77.6. The van der Waals surface area contributed by atoms with E-state index in [-0.39, 0.29) is 0 Å². The molecule has 9 aromatic carbocycles. The van der Waals surface area contributed by atoms with Gasteiger partial charge in [-0.1, -0.05) is 176 Å². The van der Waals surface area contributed by atoms with Crippen molar-refractivity contribution in [2.45, 2.75) is 0 Å². The summed E-state index contributed by atoms with van der Waals surface area (Å²) < 4.78 is 5.01. The molecule has 5 heteroatoms. The molecular formula is C57H36N4S. The Bertz CT molecular complexity index is 3630. The molecule has 0 saturated carbocycles. The minimum Gasteiger partial charge on any atom is -0.309 e. The summed E-state index contributed by atoms with van der Waals surface area (Å²) in [6.45, 7) is 0. The first-order valence-corrected chi connectivity index (χ1v) is 21.7. The van der Waals surface area contributed by atoms with Gasteiger partial charge in [0.05, 0.1) is 16.7 Å². The molecular weight excluding hydrogens is 773 g/mol. The second-order valence-electron chi connectivity index (χ2n) is 15.6. The first-order chi connectivity index (χ1) is 30.7. The van der Waals surface area contributed by atoms with Crippen molar-refractivity contribution < 1.29 is 0 Å². The van der Waals surface area contributed by atoms with Crippen LogP contribution in [0.1, 0.15) is 0 Å².